The van der Waals surface area contributed by atoms with Crippen LogP contribution in [-0.4, -0.2) is 17.6 Å². The van der Waals surface area contributed by atoms with Gasteiger partial charge < -0.3 is 10.2 Å². The summed E-state index contributed by atoms with van der Waals surface area (Å²) in [5.41, 5.74) is 3.91. The predicted octanol–water partition coefficient (Wildman–Crippen LogP) is 3.59. The van der Waals surface area contributed by atoms with Gasteiger partial charge in [-0.1, -0.05) is 32.0 Å². The van der Waals surface area contributed by atoms with E-state index < -0.39 is 0 Å². The van der Waals surface area contributed by atoms with Crippen molar-refractivity contribution < 1.29 is 0 Å². The number of anilines is 1. The van der Waals surface area contributed by atoms with Gasteiger partial charge in [-0.3, -0.25) is 0 Å². The first-order chi connectivity index (χ1) is 10.1. The van der Waals surface area contributed by atoms with E-state index in [0.717, 1.165) is 24.6 Å². The van der Waals surface area contributed by atoms with Gasteiger partial charge in [0.2, 0.25) is 0 Å². The zero-order valence-corrected chi connectivity index (χ0v) is 13.8. The van der Waals surface area contributed by atoms with Crippen molar-refractivity contribution in [3.63, 3.8) is 0 Å². The van der Waals surface area contributed by atoms with Crippen LogP contribution >= 0.6 is 11.3 Å². The third kappa shape index (κ3) is 3.27. The summed E-state index contributed by atoms with van der Waals surface area (Å²) in [6.45, 7) is 9.53. The highest BCUT2D eigenvalue weighted by atomic mass is 32.1. The number of aromatic nitrogens is 1. The predicted molar refractivity (Wildman–Crippen MR) is 89.8 cm³/mol. The van der Waals surface area contributed by atoms with E-state index in [9.17, 15) is 0 Å². The Balaban J connectivity index is 1.89. The van der Waals surface area contributed by atoms with E-state index in [-0.39, 0.29) is 0 Å². The largest absolute Gasteiger partial charge is 0.364 e. The molecule has 0 aliphatic carbocycles. The number of thiazole rings is 1. The van der Waals surface area contributed by atoms with E-state index in [2.05, 4.69) is 65.6 Å². The number of hydrogen-bond acceptors (Lipinski definition) is 4. The van der Waals surface area contributed by atoms with Gasteiger partial charge in [-0.15, -0.1) is 11.3 Å². The van der Waals surface area contributed by atoms with Crippen molar-refractivity contribution in [2.45, 2.75) is 39.9 Å². The number of benzene rings is 1. The van der Waals surface area contributed by atoms with Gasteiger partial charge in [0.05, 0.1) is 17.2 Å². The minimum atomic E-state index is 0.511. The van der Waals surface area contributed by atoms with Gasteiger partial charge in [-0.05, 0) is 24.5 Å². The highest BCUT2D eigenvalue weighted by Gasteiger charge is 2.23. The molecule has 0 fully saturated rings. The van der Waals surface area contributed by atoms with Gasteiger partial charge in [-0.25, -0.2) is 4.98 Å². The molecule has 0 spiro atoms. The Bertz CT molecular complexity index is 606. The average molecular weight is 301 g/mol. The SMILES string of the molecule is Cc1nc(CN2CC(C(C)C)NCc3ccccc32)cs1. The van der Waals surface area contributed by atoms with Crippen LogP contribution in [-0.2, 0) is 13.1 Å². The molecule has 1 aromatic carbocycles. The quantitative estimate of drug-likeness (QED) is 0.939. The number of hydrogen-bond donors (Lipinski definition) is 1. The Morgan fingerprint density at radius 2 is 2.19 bits per heavy atom. The van der Waals surface area contributed by atoms with Crippen LogP contribution in [0.2, 0.25) is 0 Å². The van der Waals surface area contributed by atoms with Crippen molar-refractivity contribution in [1.82, 2.24) is 10.3 Å². The molecule has 4 heteroatoms. The second-order valence-corrected chi connectivity index (χ2v) is 7.16. The lowest BCUT2D eigenvalue weighted by atomic mass is 10.0. The minimum Gasteiger partial charge on any atom is -0.364 e. The summed E-state index contributed by atoms with van der Waals surface area (Å²) < 4.78 is 0. The molecule has 0 saturated heterocycles. The summed E-state index contributed by atoms with van der Waals surface area (Å²) in [5.74, 6) is 0.624. The van der Waals surface area contributed by atoms with Crippen LogP contribution in [0.5, 0.6) is 0 Å². The van der Waals surface area contributed by atoms with Crippen molar-refractivity contribution in [1.29, 1.82) is 0 Å². The molecule has 21 heavy (non-hydrogen) atoms. The number of fused-ring (bicyclic) bond motifs is 1. The average Bonchev–Trinajstić information content (AvgIpc) is 2.78. The highest BCUT2D eigenvalue weighted by molar-refractivity contribution is 7.09. The van der Waals surface area contributed by atoms with E-state index >= 15 is 0 Å². The van der Waals surface area contributed by atoms with E-state index in [4.69, 9.17) is 0 Å². The van der Waals surface area contributed by atoms with E-state index in [0.29, 0.717) is 12.0 Å². The third-order valence-corrected chi connectivity index (χ3v) is 4.95. The van der Waals surface area contributed by atoms with Crippen LogP contribution in [0.3, 0.4) is 0 Å². The first-order valence-corrected chi connectivity index (χ1v) is 8.48. The van der Waals surface area contributed by atoms with Gasteiger partial charge >= 0.3 is 0 Å². The highest BCUT2D eigenvalue weighted by Crippen LogP contribution is 2.26. The molecule has 2 heterocycles. The second kappa shape index (κ2) is 6.16. The zero-order chi connectivity index (χ0) is 14.8. The maximum absolute atomic E-state index is 4.63. The molecule has 0 bridgehead atoms. The first kappa shape index (κ1) is 14.5. The zero-order valence-electron chi connectivity index (χ0n) is 13.0. The van der Waals surface area contributed by atoms with E-state index in [1.807, 2.05) is 0 Å². The summed E-state index contributed by atoms with van der Waals surface area (Å²) in [4.78, 5) is 7.12. The van der Waals surface area contributed by atoms with Gasteiger partial charge in [0, 0.05) is 30.2 Å². The fourth-order valence-electron chi connectivity index (χ4n) is 2.88. The lowest BCUT2D eigenvalue weighted by Crippen LogP contribution is -2.41. The molecule has 0 amide bonds. The second-order valence-electron chi connectivity index (χ2n) is 6.10. The van der Waals surface area contributed by atoms with Gasteiger partial charge in [0.25, 0.3) is 0 Å². The van der Waals surface area contributed by atoms with E-state index in [1.54, 1.807) is 11.3 Å². The normalized spacial score (nSPS) is 18.7. The maximum Gasteiger partial charge on any atom is 0.0898 e. The molecule has 1 aliphatic heterocycles. The number of rotatable bonds is 3. The number of nitrogens with one attached hydrogen (secondary N) is 1. The van der Waals surface area contributed by atoms with Crippen LogP contribution in [0.25, 0.3) is 0 Å². The number of aryl methyl sites for hydroxylation is 1. The molecule has 1 aromatic heterocycles. The summed E-state index contributed by atoms with van der Waals surface area (Å²) in [5, 5.41) is 7.02. The van der Waals surface area contributed by atoms with E-state index in [1.165, 1.54) is 16.9 Å². The molecular formula is C17H23N3S. The van der Waals surface area contributed by atoms with Crippen molar-refractivity contribution in [3.05, 3.63) is 45.9 Å². The minimum absolute atomic E-state index is 0.511. The molecule has 0 radical (unpaired) electrons. The fourth-order valence-corrected chi connectivity index (χ4v) is 3.49. The van der Waals surface area contributed by atoms with Crippen molar-refractivity contribution in [2.75, 3.05) is 11.4 Å². The van der Waals surface area contributed by atoms with Crippen LogP contribution in [0, 0.1) is 12.8 Å². The third-order valence-electron chi connectivity index (χ3n) is 4.13. The lowest BCUT2D eigenvalue weighted by Gasteiger charge is -2.28. The Morgan fingerprint density at radius 1 is 1.38 bits per heavy atom. The number of nitrogens with zero attached hydrogens (tertiary/aromatic N) is 2. The standard InChI is InChI=1S/C17H23N3S/c1-12(2)16-10-20(9-15-11-21-13(3)19-15)17-7-5-4-6-14(17)8-18-16/h4-7,11-12,16,18H,8-10H2,1-3H3. The van der Waals surface area contributed by atoms with Crippen molar-refractivity contribution in [3.8, 4) is 0 Å². The smallest absolute Gasteiger partial charge is 0.0898 e. The molecule has 1 N–H and O–H groups in total. The molecule has 1 aliphatic rings. The van der Waals surface area contributed by atoms with Crippen LogP contribution in [0.1, 0.15) is 30.1 Å². The van der Waals surface area contributed by atoms with Crippen molar-refractivity contribution in [2.24, 2.45) is 5.92 Å². The summed E-state index contributed by atoms with van der Waals surface area (Å²) in [6.07, 6.45) is 0. The Hall–Kier alpha value is -1.39. The summed E-state index contributed by atoms with van der Waals surface area (Å²) in [7, 11) is 0. The molecule has 3 nitrogen and oxygen atoms in total. The number of para-hydroxylation sites is 1. The first-order valence-electron chi connectivity index (χ1n) is 7.60. The maximum atomic E-state index is 4.63. The lowest BCUT2D eigenvalue weighted by molar-refractivity contribution is 0.403. The molecule has 2 aromatic rings. The van der Waals surface area contributed by atoms with Crippen LogP contribution < -0.4 is 10.2 Å². The van der Waals surface area contributed by atoms with Gasteiger partial charge in [0.1, 0.15) is 0 Å². The fraction of sp³-hybridized carbons (Fsp3) is 0.471. The molecule has 0 saturated carbocycles. The Kier molecular flexibility index (Phi) is 4.27. The van der Waals surface area contributed by atoms with Gasteiger partial charge in [0.15, 0.2) is 0 Å². The Labute approximate surface area is 131 Å². The van der Waals surface area contributed by atoms with Crippen LogP contribution in [0.15, 0.2) is 29.6 Å². The molecule has 1 atom stereocenters. The van der Waals surface area contributed by atoms with Crippen molar-refractivity contribution >= 4 is 17.0 Å². The summed E-state index contributed by atoms with van der Waals surface area (Å²) >= 11 is 1.73. The monoisotopic (exact) mass is 301 g/mol. The molecule has 3 rings (SSSR count). The Morgan fingerprint density at radius 3 is 2.90 bits per heavy atom. The molecule has 112 valence electrons. The molecular weight excluding hydrogens is 278 g/mol. The van der Waals surface area contributed by atoms with Gasteiger partial charge in [-0.2, -0.15) is 0 Å². The molecule has 1 unspecified atom stereocenters. The van der Waals surface area contributed by atoms with Crippen LogP contribution in [0.4, 0.5) is 5.69 Å². The summed E-state index contributed by atoms with van der Waals surface area (Å²) in [6, 6.07) is 9.23. The topological polar surface area (TPSA) is 28.2 Å².